The van der Waals surface area contributed by atoms with E-state index in [1.54, 1.807) is 19.1 Å². The third-order valence-electron chi connectivity index (χ3n) is 5.45. The van der Waals surface area contributed by atoms with Crippen molar-refractivity contribution in [3.8, 4) is 5.75 Å². The zero-order valence-electron chi connectivity index (χ0n) is 16.9. The van der Waals surface area contributed by atoms with Gasteiger partial charge in [-0.1, -0.05) is 42.3 Å². The number of carbonyl (C=O) groups excluding carboxylic acids is 1. The largest absolute Gasteiger partial charge is 0.489 e. The van der Waals surface area contributed by atoms with E-state index in [-0.39, 0.29) is 23.5 Å². The van der Waals surface area contributed by atoms with Crippen molar-refractivity contribution in [2.45, 2.75) is 51.8 Å². The maximum absolute atomic E-state index is 13.1. The molecule has 1 aromatic heterocycles. The lowest BCUT2D eigenvalue weighted by molar-refractivity contribution is 0.0652. The Morgan fingerprint density at radius 1 is 1.13 bits per heavy atom. The average molecular weight is 409 g/mol. The lowest BCUT2D eigenvalue weighted by Gasteiger charge is -2.28. The van der Waals surface area contributed by atoms with Crippen molar-refractivity contribution in [2.24, 2.45) is 0 Å². The van der Waals surface area contributed by atoms with Crippen LogP contribution in [0.1, 0.15) is 53.0 Å². The molecule has 0 radical (unpaired) electrons. The summed E-state index contributed by atoms with van der Waals surface area (Å²) in [6.07, 6.45) is 4.20. The highest BCUT2D eigenvalue weighted by atomic mass is 19.1. The molecule has 0 bridgehead atoms. The van der Waals surface area contributed by atoms with Crippen LogP contribution in [0.4, 0.5) is 4.39 Å². The molecule has 1 aliphatic carbocycles. The van der Waals surface area contributed by atoms with Crippen LogP contribution in [0, 0.1) is 12.7 Å². The summed E-state index contributed by atoms with van der Waals surface area (Å²) in [4.78, 5) is 15.0. The highest BCUT2D eigenvalue weighted by molar-refractivity contribution is 5.93. The molecule has 4 rings (SSSR count). The second-order valence-corrected chi connectivity index (χ2v) is 7.63. The van der Waals surface area contributed by atoms with Crippen molar-refractivity contribution in [3.63, 3.8) is 0 Å². The number of hydrogen-bond acceptors (Lipinski definition) is 5. The van der Waals surface area contributed by atoms with Gasteiger partial charge in [0, 0.05) is 12.6 Å². The third-order valence-corrected chi connectivity index (χ3v) is 5.45. The molecule has 0 saturated heterocycles. The zero-order chi connectivity index (χ0) is 20.9. The average Bonchev–Trinajstić information content (AvgIpc) is 3.43. The summed E-state index contributed by atoms with van der Waals surface area (Å²) in [5.74, 6) is 0.281. The fraction of sp³-hybridized carbons (Fsp3) is 0.348. The van der Waals surface area contributed by atoms with Crippen LogP contribution in [0.5, 0.6) is 5.75 Å². The van der Waals surface area contributed by atoms with Crippen LogP contribution >= 0.6 is 0 Å². The first-order valence-corrected chi connectivity index (χ1v) is 10.2. The van der Waals surface area contributed by atoms with Gasteiger partial charge in [0.15, 0.2) is 5.69 Å². The summed E-state index contributed by atoms with van der Waals surface area (Å²) in [6, 6.07) is 14.1. The monoisotopic (exact) mass is 409 g/mol. The molecule has 2 aromatic carbocycles. The van der Waals surface area contributed by atoms with Gasteiger partial charge in [-0.25, -0.2) is 9.02 Å². The summed E-state index contributed by atoms with van der Waals surface area (Å²) >= 11 is 0. The molecule has 0 unspecified atom stereocenters. The number of aryl methyl sites for hydroxylation is 1. The summed E-state index contributed by atoms with van der Waals surface area (Å²) in [7, 11) is 0. The summed E-state index contributed by atoms with van der Waals surface area (Å²) < 4.78 is 23.7. The first-order chi connectivity index (χ1) is 14.6. The maximum Gasteiger partial charge on any atom is 0.278 e. The summed E-state index contributed by atoms with van der Waals surface area (Å²) in [5, 5.41) is 7.56. The Labute approximate surface area is 174 Å². The Morgan fingerprint density at radius 3 is 2.60 bits per heavy atom. The van der Waals surface area contributed by atoms with E-state index in [2.05, 4.69) is 10.3 Å². The number of aromatic nitrogens is 2. The van der Waals surface area contributed by atoms with Gasteiger partial charge in [-0.05, 0) is 60.3 Å². The van der Waals surface area contributed by atoms with Crippen molar-refractivity contribution in [2.75, 3.05) is 0 Å². The molecule has 3 aromatic rings. The van der Waals surface area contributed by atoms with E-state index in [1.807, 2.05) is 29.2 Å². The van der Waals surface area contributed by atoms with Crippen molar-refractivity contribution < 1.29 is 18.6 Å². The van der Waals surface area contributed by atoms with Gasteiger partial charge < -0.3 is 9.64 Å². The second-order valence-electron chi connectivity index (χ2n) is 7.63. The summed E-state index contributed by atoms with van der Waals surface area (Å²) in [5.41, 5.74) is 2.63. The molecule has 1 saturated carbocycles. The number of amides is 1. The Hall–Kier alpha value is -3.22. The normalized spacial score (nSPS) is 14.1. The molecule has 1 amide bonds. The van der Waals surface area contributed by atoms with Crippen LogP contribution < -0.4 is 4.74 Å². The number of benzene rings is 2. The second kappa shape index (κ2) is 9.07. The van der Waals surface area contributed by atoms with E-state index in [1.165, 1.54) is 12.1 Å². The van der Waals surface area contributed by atoms with Crippen molar-refractivity contribution in [1.82, 2.24) is 15.2 Å². The highest BCUT2D eigenvalue weighted by Gasteiger charge is 2.30. The standard InChI is InChI=1S/C23H24FN3O3/c1-16-22(26-30-25-16)23(28)27(20-6-2-3-7-20)14-18-5-4-8-21(13-18)29-15-17-9-11-19(24)12-10-17/h4-5,8-13,20H,2-3,6-7,14-15H2,1H3. The van der Waals surface area contributed by atoms with Gasteiger partial charge in [0.2, 0.25) is 0 Å². The molecule has 1 heterocycles. The molecule has 1 fully saturated rings. The first kappa shape index (κ1) is 20.1. The Kier molecular flexibility index (Phi) is 6.07. The quantitative estimate of drug-likeness (QED) is 0.567. The topological polar surface area (TPSA) is 68.5 Å². The molecule has 156 valence electrons. The number of halogens is 1. The van der Waals surface area contributed by atoms with Gasteiger partial charge in [-0.15, -0.1) is 0 Å². The smallest absolute Gasteiger partial charge is 0.278 e. The predicted octanol–water partition coefficient (Wildman–Crippen LogP) is 4.68. The predicted molar refractivity (Wildman–Crippen MR) is 108 cm³/mol. The number of ether oxygens (including phenoxy) is 1. The van der Waals surface area contributed by atoms with E-state index in [9.17, 15) is 9.18 Å². The highest BCUT2D eigenvalue weighted by Crippen LogP contribution is 2.27. The lowest BCUT2D eigenvalue weighted by Crippen LogP contribution is -2.38. The van der Waals surface area contributed by atoms with Gasteiger partial charge in [0.05, 0.1) is 0 Å². The molecule has 0 aliphatic heterocycles. The molecular weight excluding hydrogens is 385 g/mol. The minimum Gasteiger partial charge on any atom is -0.489 e. The van der Waals surface area contributed by atoms with Crippen LogP contribution in [0.25, 0.3) is 0 Å². The van der Waals surface area contributed by atoms with Gasteiger partial charge in [0.25, 0.3) is 5.91 Å². The van der Waals surface area contributed by atoms with Crippen molar-refractivity contribution >= 4 is 5.91 Å². The van der Waals surface area contributed by atoms with Crippen molar-refractivity contribution in [3.05, 3.63) is 76.9 Å². The van der Waals surface area contributed by atoms with Crippen LogP contribution in [0.2, 0.25) is 0 Å². The first-order valence-electron chi connectivity index (χ1n) is 10.2. The Morgan fingerprint density at radius 2 is 1.90 bits per heavy atom. The van der Waals surface area contributed by atoms with Gasteiger partial charge in [0.1, 0.15) is 23.9 Å². The zero-order valence-corrected chi connectivity index (χ0v) is 16.9. The van der Waals surface area contributed by atoms with Crippen LogP contribution in [-0.4, -0.2) is 27.2 Å². The van der Waals surface area contributed by atoms with Crippen LogP contribution in [-0.2, 0) is 13.2 Å². The maximum atomic E-state index is 13.1. The van der Waals surface area contributed by atoms with Gasteiger partial charge in [-0.2, -0.15) is 0 Å². The minimum absolute atomic E-state index is 0.154. The molecular formula is C23H24FN3O3. The SMILES string of the molecule is Cc1nonc1C(=O)N(Cc1cccc(OCc2ccc(F)cc2)c1)C1CCCC1. The Bertz CT molecular complexity index is 997. The molecule has 0 N–H and O–H groups in total. The molecule has 6 nitrogen and oxygen atoms in total. The third kappa shape index (κ3) is 4.67. The van der Waals surface area contributed by atoms with E-state index in [4.69, 9.17) is 9.37 Å². The molecule has 0 atom stereocenters. The summed E-state index contributed by atoms with van der Waals surface area (Å²) in [6.45, 7) is 2.53. The van der Waals surface area contributed by atoms with Crippen molar-refractivity contribution in [1.29, 1.82) is 0 Å². The number of hydrogen-bond donors (Lipinski definition) is 0. The van der Waals surface area contributed by atoms with Crippen LogP contribution in [0.15, 0.2) is 53.2 Å². The van der Waals surface area contributed by atoms with Crippen LogP contribution in [0.3, 0.4) is 0 Å². The number of rotatable bonds is 7. The molecule has 0 spiro atoms. The fourth-order valence-electron chi connectivity index (χ4n) is 3.82. The number of nitrogens with zero attached hydrogens (tertiary/aromatic N) is 3. The van der Waals surface area contributed by atoms with E-state index < -0.39 is 0 Å². The number of carbonyl (C=O) groups is 1. The lowest BCUT2D eigenvalue weighted by atomic mass is 10.1. The van der Waals surface area contributed by atoms with E-state index in [0.717, 1.165) is 36.8 Å². The molecule has 1 aliphatic rings. The van der Waals surface area contributed by atoms with Gasteiger partial charge >= 0.3 is 0 Å². The minimum atomic E-state index is -0.269. The Balaban J connectivity index is 1.48. The van der Waals surface area contributed by atoms with Gasteiger partial charge in [-0.3, -0.25) is 4.79 Å². The van der Waals surface area contributed by atoms with E-state index in [0.29, 0.717) is 24.6 Å². The molecule has 7 heteroatoms. The fourth-order valence-corrected chi connectivity index (χ4v) is 3.82. The molecule has 30 heavy (non-hydrogen) atoms. The van der Waals surface area contributed by atoms with E-state index >= 15 is 0 Å².